The second kappa shape index (κ2) is 5.44. The van der Waals surface area contributed by atoms with Crippen LogP contribution in [0.1, 0.15) is 19.3 Å². The molecule has 6 heteroatoms. The maximum Gasteiger partial charge on any atom is 0.214 e. The highest BCUT2D eigenvalue weighted by Crippen LogP contribution is 2.16. The van der Waals surface area contributed by atoms with Gasteiger partial charge in [-0.25, -0.2) is 8.42 Å². The van der Waals surface area contributed by atoms with Crippen LogP contribution in [0.25, 0.3) is 0 Å². The number of nitrogens with one attached hydrogen (secondary N) is 1. The number of ether oxygens (including phenoxy) is 1. The minimum Gasteiger partial charge on any atom is -0.377 e. The van der Waals surface area contributed by atoms with Crippen LogP contribution in [-0.2, 0) is 14.8 Å². The second-order valence-corrected chi connectivity index (χ2v) is 6.50. The Labute approximate surface area is 97.2 Å². The minimum atomic E-state index is -3.06. The van der Waals surface area contributed by atoms with Crippen LogP contribution in [0.5, 0.6) is 0 Å². The number of nitrogens with zero attached hydrogens (tertiary/aromatic N) is 1. The summed E-state index contributed by atoms with van der Waals surface area (Å²) in [5.74, 6) is 0.257. The van der Waals surface area contributed by atoms with Crippen LogP contribution in [0, 0.1) is 0 Å². The summed E-state index contributed by atoms with van der Waals surface area (Å²) < 4.78 is 31.1. The van der Waals surface area contributed by atoms with E-state index in [1.165, 1.54) is 0 Å². The summed E-state index contributed by atoms with van der Waals surface area (Å²) in [7, 11) is -3.06. The largest absolute Gasteiger partial charge is 0.377 e. The molecule has 2 saturated heterocycles. The fourth-order valence-electron chi connectivity index (χ4n) is 2.20. The molecular weight excluding hydrogens is 228 g/mol. The van der Waals surface area contributed by atoms with E-state index in [2.05, 4.69) is 5.32 Å². The maximum absolute atomic E-state index is 12.0. The molecule has 0 bridgehead atoms. The van der Waals surface area contributed by atoms with E-state index in [1.807, 2.05) is 0 Å². The summed E-state index contributed by atoms with van der Waals surface area (Å²) in [6.07, 6.45) is 2.84. The molecule has 2 aliphatic heterocycles. The highest BCUT2D eigenvalue weighted by molar-refractivity contribution is 7.89. The average Bonchev–Trinajstić information content (AvgIpc) is 2.71. The first kappa shape index (κ1) is 12.3. The van der Waals surface area contributed by atoms with Gasteiger partial charge in [0.05, 0.1) is 11.9 Å². The first-order valence-electron chi connectivity index (χ1n) is 5.99. The molecule has 5 nitrogen and oxygen atoms in total. The molecule has 0 aromatic carbocycles. The molecule has 2 aliphatic rings. The Morgan fingerprint density at radius 1 is 1.31 bits per heavy atom. The normalized spacial score (nSPS) is 32.1. The maximum atomic E-state index is 12.0. The Bertz CT molecular complexity index is 312. The van der Waals surface area contributed by atoms with Gasteiger partial charge in [-0.1, -0.05) is 0 Å². The fraction of sp³-hybridized carbons (Fsp3) is 1.00. The Balaban J connectivity index is 1.97. The SMILES string of the molecule is O=S1(=O)CCCNCCN1CC1CCCO1. The number of rotatable bonds is 2. The molecule has 0 spiro atoms. The van der Waals surface area contributed by atoms with Gasteiger partial charge in [-0.15, -0.1) is 0 Å². The van der Waals surface area contributed by atoms with Crippen LogP contribution >= 0.6 is 0 Å². The lowest BCUT2D eigenvalue weighted by molar-refractivity contribution is 0.0937. The average molecular weight is 248 g/mol. The van der Waals surface area contributed by atoms with Crippen LogP contribution in [0.3, 0.4) is 0 Å². The number of sulfonamides is 1. The van der Waals surface area contributed by atoms with Crippen molar-refractivity contribution in [1.29, 1.82) is 0 Å². The van der Waals surface area contributed by atoms with Crippen LogP contribution in [-0.4, -0.2) is 57.4 Å². The van der Waals surface area contributed by atoms with Gasteiger partial charge in [0, 0.05) is 26.2 Å². The predicted octanol–water partition coefficient (Wildman–Crippen LogP) is -0.209. The third-order valence-electron chi connectivity index (χ3n) is 3.12. The van der Waals surface area contributed by atoms with Crippen molar-refractivity contribution in [3.63, 3.8) is 0 Å². The van der Waals surface area contributed by atoms with Crippen molar-refractivity contribution in [3.05, 3.63) is 0 Å². The zero-order valence-corrected chi connectivity index (χ0v) is 10.3. The molecule has 1 unspecified atom stereocenters. The molecule has 1 atom stereocenters. The smallest absolute Gasteiger partial charge is 0.214 e. The van der Waals surface area contributed by atoms with Gasteiger partial charge >= 0.3 is 0 Å². The van der Waals surface area contributed by atoms with Crippen molar-refractivity contribution in [2.24, 2.45) is 0 Å². The van der Waals surface area contributed by atoms with E-state index in [0.29, 0.717) is 19.5 Å². The van der Waals surface area contributed by atoms with E-state index in [4.69, 9.17) is 4.74 Å². The molecule has 0 saturated carbocycles. The summed E-state index contributed by atoms with van der Waals surface area (Å²) >= 11 is 0. The highest BCUT2D eigenvalue weighted by atomic mass is 32.2. The van der Waals surface area contributed by atoms with Crippen molar-refractivity contribution < 1.29 is 13.2 Å². The molecule has 0 aromatic heterocycles. The van der Waals surface area contributed by atoms with E-state index < -0.39 is 10.0 Å². The third kappa shape index (κ3) is 3.16. The van der Waals surface area contributed by atoms with Crippen molar-refractivity contribution in [3.8, 4) is 0 Å². The lowest BCUT2D eigenvalue weighted by Crippen LogP contribution is -2.44. The van der Waals surface area contributed by atoms with Crippen molar-refractivity contribution >= 4 is 10.0 Å². The van der Waals surface area contributed by atoms with Gasteiger partial charge in [0.25, 0.3) is 0 Å². The van der Waals surface area contributed by atoms with Crippen LogP contribution in [0.15, 0.2) is 0 Å². The Hall–Kier alpha value is -0.170. The van der Waals surface area contributed by atoms with E-state index in [0.717, 1.165) is 32.5 Å². The fourth-order valence-corrected chi connectivity index (χ4v) is 3.73. The van der Waals surface area contributed by atoms with Crippen molar-refractivity contribution in [2.45, 2.75) is 25.4 Å². The second-order valence-electron chi connectivity index (χ2n) is 4.41. The molecule has 0 radical (unpaired) electrons. The Kier molecular flexibility index (Phi) is 4.18. The molecule has 2 heterocycles. The van der Waals surface area contributed by atoms with Crippen LogP contribution < -0.4 is 5.32 Å². The number of hydrogen-bond acceptors (Lipinski definition) is 4. The molecule has 2 fully saturated rings. The van der Waals surface area contributed by atoms with Crippen LogP contribution in [0.4, 0.5) is 0 Å². The summed E-state index contributed by atoms with van der Waals surface area (Å²) in [5, 5.41) is 3.23. The molecule has 1 N–H and O–H groups in total. The van der Waals surface area contributed by atoms with Crippen molar-refractivity contribution in [2.75, 3.05) is 38.5 Å². The third-order valence-corrected chi connectivity index (χ3v) is 5.04. The summed E-state index contributed by atoms with van der Waals surface area (Å²) in [6.45, 7) is 3.42. The van der Waals surface area contributed by atoms with Gasteiger partial charge < -0.3 is 10.1 Å². The molecule has 16 heavy (non-hydrogen) atoms. The quantitative estimate of drug-likeness (QED) is 0.734. The lowest BCUT2D eigenvalue weighted by atomic mass is 10.2. The molecule has 2 rings (SSSR count). The first-order valence-corrected chi connectivity index (χ1v) is 7.59. The topological polar surface area (TPSA) is 58.6 Å². The highest BCUT2D eigenvalue weighted by Gasteiger charge is 2.27. The van der Waals surface area contributed by atoms with Gasteiger partial charge in [-0.3, -0.25) is 0 Å². The minimum absolute atomic E-state index is 0.106. The zero-order chi connectivity index (χ0) is 11.4. The Morgan fingerprint density at radius 3 is 2.94 bits per heavy atom. The summed E-state index contributed by atoms with van der Waals surface area (Å²) in [6, 6.07) is 0. The molecule has 0 aromatic rings. The standard InChI is InChI=1S/C10H20N2O3S/c13-16(14)8-2-4-11-5-6-12(16)9-10-3-1-7-15-10/h10-11H,1-9H2. The summed E-state index contributed by atoms with van der Waals surface area (Å²) in [5.41, 5.74) is 0. The van der Waals surface area contributed by atoms with E-state index in [1.54, 1.807) is 4.31 Å². The monoisotopic (exact) mass is 248 g/mol. The number of hydrogen-bond donors (Lipinski definition) is 1. The van der Waals surface area contributed by atoms with E-state index in [-0.39, 0.29) is 11.9 Å². The zero-order valence-electron chi connectivity index (χ0n) is 9.52. The van der Waals surface area contributed by atoms with E-state index in [9.17, 15) is 8.42 Å². The first-order chi connectivity index (χ1) is 7.68. The predicted molar refractivity (Wildman–Crippen MR) is 61.8 cm³/mol. The molecule has 0 amide bonds. The van der Waals surface area contributed by atoms with Gasteiger partial charge in [0.2, 0.25) is 10.0 Å². The summed E-state index contributed by atoms with van der Waals surface area (Å²) in [4.78, 5) is 0. The van der Waals surface area contributed by atoms with Crippen molar-refractivity contribution in [1.82, 2.24) is 9.62 Å². The molecular formula is C10H20N2O3S. The van der Waals surface area contributed by atoms with Gasteiger partial charge in [-0.05, 0) is 25.8 Å². The van der Waals surface area contributed by atoms with Gasteiger partial charge in [0.15, 0.2) is 0 Å². The van der Waals surface area contributed by atoms with Crippen LogP contribution in [0.2, 0.25) is 0 Å². The lowest BCUT2D eigenvalue weighted by Gasteiger charge is -2.26. The molecule has 94 valence electrons. The molecule has 0 aliphatic carbocycles. The van der Waals surface area contributed by atoms with Gasteiger partial charge in [-0.2, -0.15) is 4.31 Å². The Morgan fingerprint density at radius 2 is 2.19 bits per heavy atom. The van der Waals surface area contributed by atoms with E-state index >= 15 is 0 Å². The van der Waals surface area contributed by atoms with Gasteiger partial charge in [0.1, 0.15) is 0 Å².